The minimum absolute atomic E-state index is 0.236. The van der Waals surface area contributed by atoms with Crippen LogP contribution in [0.2, 0.25) is 0 Å². The fourth-order valence-electron chi connectivity index (χ4n) is 2.97. The lowest BCUT2D eigenvalue weighted by Gasteiger charge is -2.15. The molecule has 26 heavy (non-hydrogen) atoms. The molecule has 1 aliphatic rings. The first-order valence-electron chi connectivity index (χ1n) is 7.93. The maximum Gasteiger partial charge on any atom is 0.266 e. The Morgan fingerprint density at radius 2 is 2.15 bits per heavy atom. The molecule has 7 nitrogen and oxygen atoms in total. The maximum absolute atomic E-state index is 13.1. The Balaban J connectivity index is 1.69. The fraction of sp³-hybridized carbons (Fsp3) is 0.176. The van der Waals surface area contributed by atoms with Crippen molar-refractivity contribution in [3.8, 4) is 0 Å². The molecule has 1 amide bonds. The molecule has 1 atom stereocenters. The van der Waals surface area contributed by atoms with Crippen molar-refractivity contribution < 1.29 is 13.2 Å². The van der Waals surface area contributed by atoms with Gasteiger partial charge in [-0.25, -0.2) is 8.42 Å². The molecule has 0 saturated heterocycles. The summed E-state index contributed by atoms with van der Waals surface area (Å²) in [6.07, 6.45) is 0. The summed E-state index contributed by atoms with van der Waals surface area (Å²) in [4.78, 5) is 13.1. The number of anilines is 1. The van der Waals surface area contributed by atoms with E-state index in [-0.39, 0.29) is 16.6 Å². The topological polar surface area (TPSA) is 104 Å². The number of hydrogen-bond acceptors (Lipinski definition) is 6. The summed E-state index contributed by atoms with van der Waals surface area (Å²) in [5.41, 5.74) is 1.99. The molecule has 9 heteroatoms. The Bertz CT molecular complexity index is 1070. The van der Waals surface area contributed by atoms with E-state index in [0.717, 1.165) is 5.56 Å². The van der Waals surface area contributed by atoms with Gasteiger partial charge in [-0.05, 0) is 36.1 Å². The van der Waals surface area contributed by atoms with Crippen LogP contribution in [0, 0.1) is 6.92 Å². The van der Waals surface area contributed by atoms with Gasteiger partial charge in [0.1, 0.15) is 5.37 Å². The van der Waals surface area contributed by atoms with Crippen molar-refractivity contribution in [2.75, 3.05) is 5.32 Å². The molecule has 0 bridgehead atoms. The maximum atomic E-state index is 13.1. The molecule has 3 aromatic rings. The summed E-state index contributed by atoms with van der Waals surface area (Å²) < 4.78 is 26.2. The number of carbonyl (C=O) groups is 1. The van der Waals surface area contributed by atoms with E-state index in [1.165, 1.54) is 11.3 Å². The van der Waals surface area contributed by atoms with Gasteiger partial charge < -0.3 is 5.32 Å². The molecule has 0 radical (unpaired) electrons. The van der Waals surface area contributed by atoms with E-state index in [2.05, 4.69) is 20.8 Å². The number of aryl methyl sites for hydroxylation is 1. The lowest BCUT2D eigenvalue weighted by molar-refractivity contribution is 0.103. The highest BCUT2D eigenvalue weighted by atomic mass is 32.2. The van der Waals surface area contributed by atoms with Crippen LogP contribution in [-0.2, 0) is 16.4 Å². The third-order valence-corrected chi connectivity index (χ3v) is 7.02. The highest BCUT2D eigenvalue weighted by Gasteiger charge is 2.39. The number of carbonyl (C=O) groups excluding carboxylic acids is 1. The number of fused-ring (bicyclic) bond motifs is 1. The van der Waals surface area contributed by atoms with Crippen LogP contribution in [0.15, 0.2) is 46.7 Å². The molecule has 0 saturated carbocycles. The zero-order valence-electron chi connectivity index (χ0n) is 13.8. The van der Waals surface area contributed by atoms with E-state index < -0.39 is 15.2 Å². The van der Waals surface area contributed by atoms with Crippen LogP contribution in [0.5, 0.6) is 0 Å². The number of benzene rings is 1. The molecule has 1 unspecified atom stereocenters. The average Bonchev–Trinajstić information content (AvgIpc) is 3.33. The second kappa shape index (κ2) is 6.35. The van der Waals surface area contributed by atoms with Crippen LogP contribution in [-0.4, -0.2) is 24.5 Å². The van der Waals surface area contributed by atoms with Crippen LogP contribution in [0.1, 0.15) is 31.9 Å². The molecular weight excluding hydrogens is 372 g/mol. The number of H-pyrrole nitrogens is 1. The van der Waals surface area contributed by atoms with Gasteiger partial charge in [-0.1, -0.05) is 18.2 Å². The molecule has 1 aliphatic heterocycles. The highest BCUT2D eigenvalue weighted by Crippen LogP contribution is 2.37. The summed E-state index contributed by atoms with van der Waals surface area (Å²) in [6.45, 7) is 2.18. The van der Waals surface area contributed by atoms with Crippen LogP contribution in [0.25, 0.3) is 0 Å². The van der Waals surface area contributed by atoms with Gasteiger partial charge in [0.15, 0.2) is 15.7 Å². The number of amides is 1. The Morgan fingerprint density at radius 1 is 1.31 bits per heavy atom. The van der Waals surface area contributed by atoms with Gasteiger partial charge in [0.05, 0.1) is 21.0 Å². The van der Waals surface area contributed by atoms with Crippen molar-refractivity contribution in [1.29, 1.82) is 0 Å². The lowest BCUT2D eigenvalue weighted by atomic mass is 10.2. The summed E-state index contributed by atoms with van der Waals surface area (Å²) >= 11 is 1.31. The largest absolute Gasteiger partial charge is 0.304 e. The minimum Gasteiger partial charge on any atom is -0.304 e. The first-order valence-corrected chi connectivity index (χ1v) is 10.4. The van der Waals surface area contributed by atoms with E-state index >= 15 is 0 Å². The molecule has 3 heterocycles. The third kappa shape index (κ3) is 2.83. The lowest BCUT2D eigenvalue weighted by Crippen LogP contribution is -2.24. The predicted octanol–water partition coefficient (Wildman–Crippen LogP) is 2.61. The average molecular weight is 388 g/mol. The third-order valence-electron chi connectivity index (χ3n) is 4.21. The molecule has 0 aliphatic carbocycles. The van der Waals surface area contributed by atoms with Gasteiger partial charge in [0, 0.05) is 6.54 Å². The van der Waals surface area contributed by atoms with Gasteiger partial charge >= 0.3 is 0 Å². The summed E-state index contributed by atoms with van der Waals surface area (Å²) in [5, 5.41) is 13.5. The van der Waals surface area contributed by atoms with Gasteiger partial charge in [0.25, 0.3) is 5.91 Å². The summed E-state index contributed by atoms with van der Waals surface area (Å²) in [5.74, 6) is -0.0717. The van der Waals surface area contributed by atoms with Crippen molar-refractivity contribution in [3.05, 3.63) is 63.5 Å². The predicted molar refractivity (Wildman–Crippen MR) is 98.8 cm³/mol. The van der Waals surface area contributed by atoms with Crippen molar-refractivity contribution in [2.24, 2.45) is 0 Å². The molecule has 1 aromatic carbocycles. The highest BCUT2D eigenvalue weighted by molar-refractivity contribution is 7.91. The molecule has 3 N–H and O–H groups in total. The number of thiophene rings is 1. The Morgan fingerprint density at radius 3 is 2.88 bits per heavy atom. The van der Waals surface area contributed by atoms with Gasteiger partial charge in [-0.3, -0.25) is 15.2 Å². The molecule has 2 aromatic heterocycles. The Labute approximate surface area is 154 Å². The van der Waals surface area contributed by atoms with E-state index in [4.69, 9.17) is 0 Å². The van der Waals surface area contributed by atoms with Crippen LogP contribution < -0.4 is 10.6 Å². The Hall–Kier alpha value is -2.49. The number of nitrogens with zero attached hydrogens (tertiary/aromatic N) is 1. The van der Waals surface area contributed by atoms with Crippen molar-refractivity contribution in [1.82, 2.24) is 15.5 Å². The number of aromatic amines is 1. The zero-order chi connectivity index (χ0) is 18.3. The molecule has 0 fully saturated rings. The van der Waals surface area contributed by atoms with E-state index in [1.807, 2.05) is 13.0 Å². The quantitative estimate of drug-likeness (QED) is 0.637. The molecular formula is C17H16N4O3S2. The SMILES string of the molecule is Cc1cccc(S(=O)(=O)C2NCc3[nH]nc(NC(=O)c4cccs4)c32)c1. The number of sulfone groups is 1. The van der Waals surface area contributed by atoms with E-state index in [0.29, 0.717) is 22.7 Å². The zero-order valence-corrected chi connectivity index (χ0v) is 15.4. The first-order chi connectivity index (χ1) is 12.5. The van der Waals surface area contributed by atoms with Gasteiger partial charge in [-0.2, -0.15) is 5.10 Å². The van der Waals surface area contributed by atoms with Gasteiger partial charge in [0.2, 0.25) is 0 Å². The standard InChI is InChI=1S/C17H16N4O3S2/c1-10-4-2-5-11(8-10)26(23,24)17-14-12(9-18-17)20-21-15(14)19-16(22)13-6-3-7-25-13/h2-8,17-18H,9H2,1H3,(H2,19,20,21,22). The normalized spacial score (nSPS) is 16.4. The summed E-state index contributed by atoms with van der Waals surface area (Å²) in [7, 11) is -3.68. The molecule has 4 rings (SSSR count). The second-order valence-electron chi connectivity index (χ2n) is 6.02. The van der Waals surface area contributed by atoms with Gasteiger partial charge in [-0.15, -0.1) is 11.3 Å². The smallest absolute Gasteiger partial charge is 0.266 e. The van der Waals surface area contributed by atoms with E-state index in [9.17, 15) is 13.2 Å². The molecule has 0 spiro atoms. The van der Waals surface area contributed by atoms with Crippen molar-refractivity contribution >= 4 is 32.9 Å². The number of aromatic nitrogens is 2. The number of rotatable bonds is 4. The van der Waals surface area contributed by atoms with Crippen molar-refractivity contribution in [2.45, 2.75) is 23.7 Å². The van der Waals surface area contributed by atoms with Crippen LogP contribution in [0.3, 0.4) is 0 Å². The number of hydrogen-bond donors (Lipinski definition) is 3. The monoisotopic (exact) mass is 388 g/mol. The van der Waals surface area contributed by atoms with Crippen LogP contribution >= 0.6 is 11.3 Å². The fourth-order valence-corrected chi connectivity index (χ4v) is 5.34. The first kappa shape index (κ1) is 17.0. The van der Waals surface area contributed by atoms with Crippen molar-refractivity contribution in [3.63, 3.8) is 0 Å². The van der Waals surface area contributed by atoms with E-state index in [1.54, 1.807) is 35.7 Å². The summed E-state index contributed by atoms with van der Waals surface area (Å²) in [6, 6.07) is 10.3. The Kier molecular flexibility index (Phi) is 4.14. The minimum atomic E-state index is -3.68. The molecule has 134 valence electrons. The number of nitrogens with one attached hydrogen (secondary N) is 3. The van der Waals surface area contributed by atoms with Crippen LogP contribution in [0.4, 0.5) is 5.82 Å². The second-order valence-corrected chi connectivity index (χ2v) is 9.00.